The van der Waals surface area contributed by atoms with Crippen molar-refractivity contribution in [1.82, 2.24) is 4.98 Å². The zero-order chi connectivity index (χ0) is 20.2. The fraction of sp³-hybridized carbons (Fsp3) is 0.125. The van der Waals surface area contributed by atoms with Crippen molar-refractivity contribution in [1.29, 1.82) is 0 Å². The van der Waals surface area contributed by atoms with Crippen LogP contribution in [0.5, 0.6) is 0 Å². The quantitative estimate of drug-likeness (QED) is 0.543. The maximum atomic E-state index is 11.8. The van der Waals surface area contributed by atoms with Gasteiger partial charge in [-0.1, -0.05) is 43.3 Å². The number of benzene rings is 2. The van der Waals surface area contributed by atoms with Crippen LogP contribution in [0.2, 0.25) is 0 Å². The molecule has 0 radical (unpaired) electrons. The monoisotopic (exact) mass is 400 g/mol. The Balaban J connectivity index is 1.82. The molecule has 3 aromatic rings. The second kappa shape index (κ2) is 8.45. The summed E-state index contributed by atoms with van der Waals surface area (Å²) in [5, 5.41) is 9.71. The van der Waals surface area contributed by atoms with E-state index < -0.39 is 5.97 Å². The molecule has 0 amide bonds. The molecule has 1 N–H and O–H groups in total. The van der Waals surface area contributed by atoms with Gasteiger partial charge in [-0.3, -0.25) is 9.98 Å². The minimum absolute atomic E-state index is 0.337. The average Bonchev–Trinajstić information content (AvgIpc) is 3.21. The molecule has 0 aliphatic carbocycles. The van der Waals surface area contributed by atoms with E-state index in [0.717, 1.165) is 44.3 Å². The number of hydrogen-bond acceptors (Lipinski definition) is 4. The summed E-state index contributed by atoms with van der Waals surface area (Å²) in [5.41, 5.74) is 6.17. The summed E-state index contributed by atoms with van der Waals surface area (Å²) in [6.45, 7) is 2.02. The summed E-state index contributed by atoms with van der Waals surface area (Å²) in [4.78, 5) is 21.7. The van der Waals surface area contributed by atoms with Crippen LogP contribution >= 0.6 is 11.8 Å². The Morgan fingerprint density at radius 1 is 1.00 bits per heavy atom. The predicted molar refractivity (Wildman–Crippen MR) is 118 cm³/mol. The molecule has 4 rings (SSSR count). The minimum atomic E-state index is -0.906. The molecule has 2 heterocycles. The molecule has 144 valence electrons. The van der Waals surface area contributed by atoms with Crippen LogP contribution in [0.4, 0.5) is 0 Å². The van der Waals surface area contributed by atoms with Crippen LogP contribution in [-0.4, -0.2) is 27.5 Å². The topological polar surface area (TPSA) is 62.5 Å². The fourth-order valence-electron chi connectivity index (χ4n) is 3.44. The van der Waals surface area contributed by atoms with Crippen LogP contribution in [0.1, 0.15) is 40.4 Å². The number of carboxylic acids is 1. The molecule has 0 unspecified atom stereocenters. The maximum absolute atomic E-state index is 11.8. The van der Waals surface area contributed by atoms with Gasteiger partial charge in [-0.25, -0.2) is 4.79 Å². The maximum Gasteiger partial charge on any atom is 0.336 e. The van der Waals surface area contributed by atoms with Crippen LogP contribution in [0.15, 0.2) is 82.9 Å². The van der Waals surface area contributed by atoms with Crippen LogP contribution < -0.4 is 0 Å². The molecule has 0 saturated heterocycles. The highest BCUT2D eigenvalue weighted by Crippen LogP contribution is 2.38. The predicted octanol–water partition coefficient (Wildman–Crippen LogP) is 5.65. The number of nitrogens with zero attached hydrogens (tertiary/aromatic N) is 2. The van der Waals surface area contributed by atoms with E-state index in [4.69, 9.17) is 4.99 Å². The van der Waals surface area contributed by atoms with Gasteiger partial charge >= 0.3 is 5.97 Å². The Labute approximate surface area is 174 Å². The van der Waals surface area contributed by atoms with Gasteiger partial charge in [0.05, 0.1) is 17.0 Å². The van der Waals surface area contributed by atoms with E-state index in [1.165, 1.54) is 0 Å². The number of rotatable bonds is 6. The van der Waals surface area contributed by atoms with E-state index in [-0.39, 0.29) is 0 Å². The molecule has 2 aromatic carbocycles. The number of thioether (sulfide) groups is 1. The van der Waals surface area contributed by atoms with Crippen LogP contribution in [0.25, 0.3) is 11.3 Å². The number of aliphatic imine (C=N–C) groups is 1. The van der Waals surface area contributed by atoms with Gasteiger partial charge in [0.25, 0.3) is 0 Å². The zero-order valence-corrected chi connectivity index (χ0v) is 16.8. The van der Waals surface area contributed by atoms with Gasteiger partial charge in [0.15, 0.2) is 0 Å². The highest BCUT2D eigenvalue weighted by Gasteiger charge is 2.23. The fourth-order valence-corrected chi connectivity index (χ4v) is 4.22. The number of carbonyl (C=O) groups is 1. The third-order valence-corrected chi connectivity index (χ3v) is 5.75. The van der Waals surface area contributed by atoms with Crippen molar-refractivity contribution >= 4 is 34.7 Å². The highest BCUT2D eigenvalue weighted by molar-refractivity contribution is 7.99. The third-order valence-electron chi connectivity index (χ3n) is 4.80. The van der Waals surface area contributed by atoms with Crippen molar-refractivity contribution in [3.05, 3.63) is 95.3 Å². The van der Waals surface area contributed by atoms with Crippen molar-refractivity contribution in [2.45, 2.75) is 18.2 Å². The van der Waals surface area contributed by atoms with Gasteiger partial charge in [-0.05, 0) is 46.7 Å². The molecule has 5 heteroatoms. The normalized spacial score (nSPS) is 13.5. The summed E-state index contributed by atoms with van der Waals surface area (Å²) in [5.74, 6) is -0.0812. The Morgan fingerprint density at radius 3 is 2.45 bits per heavy atom. The van der Waals surface area contributed by atoms with Gasteiger partial charge in [0, 0.05) is 29.3 Å². The SMILES string of the molecule is CCSc1ccc(C2=C(c3ccncc3)N=C(c3ccccc3)C2)cc1C(=O)O. The van der Waals surface area contributed by atoms with Crippen molar-refractivity contribution in [3.63, 3.8) is 0 Å². The third kappa shape index (κ3) is 4.00. The van der Waals surface area contributed by atoms with Crippen molar-refractivity contribution in [2.24, 2.45) is 4.99 Å². The van der Waals surface area contributed by atoms with Crippen molar-refractivity contribution < 1.29 is 9.90 Å². The first-order chi connectivity index (χ1) is 14.2. The molecule has 1 aliphatic rings. The second-order valence-electron chi connectivity index (χ2n) is 6.61. The number of pyridine rings is 1. The largest absolute Gasteiger partial charge is 0.478 e. The van der Waals surface area contributed by atoms with Gasteiger partial charge < -0.3 is 5.11 Å². The van der Waals surface area contributed by atoms with E-state index in [2.05, 4.69) is 17.1 Å². The molecular weight excluding hydrogens is 380 g/mol. The van der Waals surface area contributed by atoms with E-state index in [1.54, 1.807) is 30.2 Å². The molecule has 0 atom stereocenters. The van der Waals surface area contributed by atoms with Crippen LogP contribution in [0.3, 0.4) is 0 Å². The molecule has 29 heavy (non-hydrogen) atoms. The van der Waals surface area contributed by atoms with E-state index in [0.29, 0.717) is 12.0 Å². The Morgan fingerprint density at radius 2 is 1.76 bits per heavy atom. The number of aromatic carboxylic acids is 1. The molecular formula is C24H20N2O2S. The lowest BCUT2D eigenvalue weighted by Crippen LogP contribution is -2.02. The summed E-state index contributed by atoms with van der Waals surface area (Å²) in [6, 6.07) is 19.7. The molecule has 0 saturated carbocycles. The van der Waals surface area contributed by atoms with E-state index in [1.807, 2.05) is 49.4 Å². The number of allylic oxidation sites excluding steroid dienone is 1. The molecule has 1 aromatic heterocycles. The average molecular weight is 401 g/mol. The molecule has 1 aliphatic heterocycles. The second-order valence-corrected chi connectivity index (χ2v) is 7.92. The lowest BCUT2D eigenvalue weighted by atomic mass is 9.95. The summed E-state index contributed by atoms with van der Waals surface area (Å²) in [6.07, 6.45) is 4.15. The molecule has 0 spiro atoms. The smallest absolute Gasteiger partial charge is 0.336 e. The first kappa shape index (κ1) is 19.2. The van der Waals surface area contributed by atoms with Gasteiger partial charge in [0.1, 0.15) is 0 Å². The van der Waals surface area contributed by atoms with E-state index in [9.17, 15) is 9.90 Å². The van der Waals surface area contributed by atoms with Gasteiger partial charge in [-0.2, -0.15) is 0 Å². The van der Waals surface area contributed by atoms with Gasteiger partial charge in [0.2, 0.25) is 0 Å². The zero-order valence-electron chi connectivity index (χ0n) is 16.0. The van der Waals surface area contributed by atoms with Crippen LogP contribution in [0, 0.1) is 0 Å². The lowest BCUT2D eigenvalue weighted by Gasteiger charge is -2.11. The Kier molecular flexibility index (Phi) is 5.58. The van der Waals surface area contributed by atoms with Crippen molar-refractivity contribution in [2.75, 3.05) is 5.75 Å². The Hall–Kier alpha value is -3.18. The van der Waals surface area contributed by atoms with Gasteiger partial charge in [-0.15, -0.1) is 11.8 Å². The highest BCUT2D eigenvalue weighted by atomic mass is 32.2. The van der Waals surface area contributed by atoms with Crippen LogP contribution in [-0.2, 0) is 0 Å². The number of carboxylic acid groups (broad SMARTS) is 1. The molecule has 4 nitrogen and oxygen atoms in total. The summed E-state index contributed by atoms with van der Waals surface area (Å²) in [7, 11) is 0. The summed E-state index contributed by atoms with van der Waals surface area (Å²) < 4.78 is 0. The number of hydrogen-bond donors (Lipinski definition) is 1. The minimum Gasteiger partial charge on any atom is -0.478 e. The first-order valence-corrected chi connectivity index (χ1v) is 10.4. The van der Waals surface area contributed by atoms with Crippen molar-refractivity contribution in [3.8, 4) is 0 Å². The number of aromatic nitrogens is 1. The standard InChI is InChI=1S/C24H20N2O2S/c1-2-29-22-9-8-18(14-20(22)24(27)28)19-15-21(16-6-4-3-5-7-16)26-23(19)17-10-12-25-13-11-17/h3-14H,2,15H2,1H3,(H,27,28). The Bertz CT molecular complexity index is 1110. The molecule has 0 fully saturated rings. The first-order valence-electron chi connectivity index (χ1n) is 9.44. The molecule has 0 bridgehead atoms. The lowest BCUT2D eigenvalue weighted by molar-refractivity contribution is 0.0693. The van der Waals surface area contributed by atoms with E-state index >= 15 is 0 Å². The summed E-state index contributed by atoms with van der Waals surface area (Å²) >= 11 is 1.54.